The number of hydrogen-bond acceptors (Lipinski definition) is 5. The first-order valence-corrected chi connectivity index (χ1v) is 5.97. The number of fused-ring (bicyclic) bond motifs is 1. The van der Waals surface area contributed by atoms with Crippen molar-refractivity contribution in [3.8, 4) is 0 Å². The molecule has 84 valence electrons. The lowest BCUT2D eigenvalue weighted by Crippen LogP contribution is -2.20. The highest BCUT2D eigenvalue weighted by Gasteiger charge is 2.20. The van der Waals surface area contributed by atoms with Crippen molar-refractivity contribution in [1.29, 1.82) is 0 Å². The number of nitrogen functional groups attached to an aromatic ring is 1. The molecule has 1 aromatic heterocycles. The predicted molar refractivity (Wildman–Crippen MR) is 60.2 cm³/mol. The van der Waals surface area contributed by atoms with Crippen LogP contribution in [-0.2, 0) is 10.0 Å². The summed E-state index contributed by atoms with van der Waals surface area (Å²) in [5.74, 6) is 0. The van der Waals surface area contributed by atoms with Crippen LogP contribution >= 0.6 is 0 Å². The molecule has 3 N–H and O–H groups in total. The molecule has 0 saturated heterocycles. The maximum absolute atomic E-state index is 11.8. The van der Waals surface area contributed by atoms with E-state index in [0.29, 0.717) is 5.52 Å². The molecule has 16 heavy (non-hydrogen) atoms. The van der Waals surface area contributed by atoms with Gasteiger partial charge in [0.15, 0.2) is 0 Å². The average molecular weight is 238 g/mol. The molecule has 1 heterocycles. The molecule has 2 rings (SSSR count). The van der Waals surface area contributed by atoms with E-state index in [4.69, 9.17) is 5.73 Å². The predicted octanol–water partition coefficient (Wildman–Crippen LogP) is 0.120. The molecule has 0 aliphatic carbocycles. The van der Waals surface area contributed by atoms with Crippen molar-refractivity contribution in [3.05, 3.63) is 24.5 Å². The Morgan fingerprint density at radius 3 is 2.62 bits per heavy atom. The lowest BCUT2D eigenvalue weighted by molar-refractivity contribution is 0.589. The Labute approximate surface area is 92.6 Å². The van der Waals surface area contributed by atoms with E-state index in [1.165, 1.54) is 25.5 Å². The zero-order valence-corrected chi connectivity index (χ0v) is 9.32. The second-order valence-corrected chi connectivity index (χ2v) is 4.94. The standard InChI is InChI=1S/C9H10N4O2S/c1-11-16(14,15)9-6(10)2-3-7-8(9)13-5-4-12-7/h2-5,11H,10H2,1H3. The summed E-state index contributed by atoms with van der Waals surface area (Å²) in [6.45, 7) is 0. The summed E-state index contributed by atoms with van der Waals surface area (Å²) >= 11 is 0. The van der Waals surface area contributed by atoms with E-state index in [1.54, 1.807) is 6.07 Å². The smallest absolute Gasteiger partial charge is 0.244 e. The van der Waals surface area contributed by atoms with Gasteiger partial charge < -0.3 is 5.73 Å². The minimum absolute atomic E-state index is 0.0272. The van der Waals surface area contributed by atoms with Gasteiger partial charge in [0.2, 0.25) is 10.0 Å². The topological polar surface area (TPSA) is 98.0 Å². The largest absolute Gasteiger partial charge is 0.398 e. The van der Waals surface area contributed by atoms with Gasteiger partial charge in [0.05, 0.1) is 11.2 Å². The molecule has 0 aliphatic heterocycles. The van der Waals surface area contributed by atoms with Crippen LogP contribution in [0.2, 0.25) is 0 Å². The summed E-state index contributed by atoms with van der Waals surface area (Å²) in [5.41, 5.74) is 6.58. The molecule has 0 saturated carbocycles. The molecule has 0 unspecified atom stereocenters. The van der Waals surface area contributed by atoms with Gasteiger partial charge in [0.1, 0.15) is 10.4 Å². The number of anilines is 1. The normalized spacial score (nSPS) is 11.8. The first kappa shape index (κ1) is 10.8. The third-order valence-corrected chi connectivity index (χ3v) is 3.67. The number of hydrogen-bond donors (Lipinski definition) is 2. The lowest BCUT2D eigenvalue weighted by atomic mass is 10.2. The Morgan fingerprint density at radius 1 is 1.25 bits per heavy atom. The molecule has 1 aromatic carbocycles. The van der Waals surface area contributed by atoms with Gasteiger partial charge >= 0.3 is 0 Å². The van der Waals surface area contributed by atoms with Crippen LogP contribution in [0.1, 0.15) is 0 Å². The van der Waals surface area contributed by atoms with Crippen molar-refractivity contribution in [2.45, 2.75) is 4.90 Å². The molecule has 0 bridgehead atoms. The molecule has 0 atom stereocenters. The van der Waals surface area contributed by atoms with Gasteiger partial charge in [-0.05, 0) is 19.2 Å². The van der Waals surface area contributed by atoms with Crippen LogP contribution in [0.25, 0.3) is 11.0 Å². The third kappa shape index (κ3) is 1.59. The average Bonchev–Trinajstić information content (AvgIpc) is 2.28. The highest BCUT2D eigenvalue weighted by molar-refractivity contribution is 7.89. The number of nitrogens with one attached hydrogen (secondary N) is 1. The third-order valence-electron chi connectivity index (χ3n) is 2.16. The fourth-order valence-corrected chi connectivity index (χ4v) is 2.41. The van der Waals surface area contributed by atoms with E-state index in [1.807, 2.05) is 0 Å². The van der Waals surface area contributed by atoms with Gasteiger partial charge in [-0.15, -0.1) is 0 Å². The first-order chi connectivity index (χ1) is 7.56. The van der Waals surface area contributed by atoms with Crippen molar-refractivity contribution >= 4 is 26.7 Å². The van der Waals surface area contributed by atoms with Crippen molar-refractivity contribution in [2.75, 3.05) is 12.8 Å². The van der Waals surface area contributed by atoms with Gasteiger partial charge in [-0.1, -0.05) is 0 Å². The number of rotatable bonds is 2. The van der Waals surface area contributed by atoms with Gasteiger partial charge in [0.25, 0.3) is 0 Å². The molecule has 2 aromatic rings. The maximum atomic E-state index is 11.8. The van der Waals surface area contributed by atoms with E-state index in [2.05, 4.69) is 14.7 Å². The highest BCUT2D eigenvalue weighted by Crippen LogP contribution is 2.25. The Hall–Kier alpha value is -1.73. The zero-order valence-electron chi connectivity index (χ0n) is 8.51. The molecule has 6 nitrogen and oxygen atoms in total. The SMILES string of the molecule is CNS(=O)(=O)c1c(N)ccc2nccnc12. The van der Waals surface area contributed by atoms with Gasteiger partial charge in [-0.25, -0.2) is 13.1 Å². The van der Waals surface area contributed by atoms with Crippen LogP contribution in [0, 0.1) is 0 Å². The van der Waals surface area contributed by atoms with Crippen LogP contribution < -0.4 is 10.5 Å². The molecular formula is C9H10N4O2S. The quantitative estimate of drug-likeness (QED) is 0.724. The Balaban J connectivity index is 2.92. The Morgan fingerprint density at radius 2 is 1.94 bits per heavy atom. The summed E-state index contributed by atoms with van der Waals surface area (Å²) in [6, 6.07) is 3.13. The van der Waals surface area contributed by atoms with E-state index >= 15 is 0 Å². The molecule has 0 amide bonds. The van der Waals surface area contributed by atoms with Crippen LogP contribution in [-0.4, -0.2) is 25.4 Å². The second kappa shape index (κ2) is 3.69. The molecule has 0 radical (unpaired) electrons. The van der Waals surface area contributed by atoms with Gasteiger partial charge in [0, 0.05) is 12.4 Å². The molecule has 0 spiro atoms. The van der Waals surface area contributed by atoms with Crippen molar-refractivity contribution < 1.29 is 8.42 Å². The van der Waals surface area contributed by atoms with E-state index < -0.39 is 10.0 Å². The summed E-state index contributed by atoms with van der Waals surface area (Å²) in [7, 11) is -2.31. The first-order valence-electron chi connectivity index (χ1n) is 4.49. The second-order valence-electron chi connectivity index (χ2n) is 3.12. The van der Waals surface area contributed by atoms with E-state index in [-0.39, 0.29) is 16.1 Å². The summed E-state index contributed by atoms with van der Waals surface area (Å²) in [5, 5.41) is 0. The van der Waals surface area contributed by atoms with Crippen LogP contribution in [0.5, 0.6) is 0 Å². The minimum atomic E-state index is -3.63. The number of nitrogens with zero attached hydrogens (tertiary/aromatic N) is 2. The zero-order chi connectivity index (χ0) is 11.8. The van der Waals surface area contributed by atoms with E-state index in [0.717, 1.165) is 0 Å². The minimum Gasteiger partial charge on any atom is -0.398 e. The Kier molecular flexibility index (Phi) is 2.49. The highest BCUT2D eigenvalue weighted by atomic mass is 32.2. The van der Waals surface area contributed by atoms with Crippen molar-refractivity contribution in [3.63, 3.8) is 0 Å². The monoisotopic (exact) mass is 238 g/mol. The van der Waals surface area contributed by atoms with Crippen LogP contribution in [0.3, 0.4) is 0 Å². The maximum Gasteiger partial charge on any atom is 0.244 e. The van der Waals surface area contributed by atoms with Gasteiger partial charge in [-0.2, -0.15) is 0 Å². The number of aromatic nitrogens is 2. The Bertz CT molecular complexity index is 639. The fourth-order valence-electron chi connectivity index (χ4n) is 1.41. The summed E-state index contributed by atoms with van der Waals surface area (Å²) in [4.78, 5) is 7.99. The number of nitrogens with two attached hydrogens (primary N) is 1. The van der Waals surface area contributed by atoms with Gasteiger partial charge in [-0.3, -0.25) is 9.97 Å². The summed E-state index contributed by atoms with van der Waals surface area (Å²) in [6.07, 6.45) is 2.92. The molecular weight excluding hydrogens is 228 g/mol. The number of sulfonamides is 1. The summed E-state index contributed by atoms with van der Waals surface area (Å²) < 4.78 is 25.8. The van der Waals surface area contributed by atoms with Crippen LogP contribution in [0.15, 0.2) is 29.4 Å². The molecule has 7 heteroatoms. The molecule has 0 fully saturated rings. The number of benzene rings is 1. The van der Waals surface area contributed by atoms with Crippen molar-refractivity contribution in [2.24, 2.45) is 0 Å². The fraction of sp³-hybridized carbons (Fsp3) is 0.111. The van der Waals surface area contributed by atoms with Crippen molar-refractivity contribution in [1.82, 2.24) is 14.7 Å². The van der Waals surface area contributed by atoms with E-state index in [9.17, 15) is 8.42 Å². The van der Waals surface area contributed by atoms with Crippen LogP contribution in [0.4, 0.5) is 5.69 Å². The lowest BCUT2D eigenvalue weighted by Gasteiger charge is -2.08. The molecule has 0 aliphatic rings.